The Balaban J connectivity index is 1.42. The number of para-hydroxylation sites is 2. The molecule has 2 amide bonds. The van der Waals surface area contributed by atoms with Crippen LogP contribution in [0.5, 0.6) is 5.75 Å². The van der Waals surface area contributed by atoms with E-state index < -0.39 is 34.5 Å². The Morgan fingerprint density at radius 3 is 2.28 bits per heavy atom. The van der Waals surface area contributed by atoms with Crippen molar-refractivity contribution in [3.05, 3.63) is 123 Å². The minimum absolute atomic E-state index is 0.0368. The molecule has 0 spiro atoms. The summed E-state index contributed by atoms with van der Waals surface area (Å²) in [5.41, 5.74) is 1.86. The van der Waals surface area contributed by atoms with Gasteiger partial charge in [-0.15, -0.1) is 0 Å². The maximum Gasteiger partial charge on any atom is 0.263 e. The van der Waals surface area contributed by atoms with Crippen LogP contribution in [0.1, 0.15) is 11.1 Å². The molecule has 0 aromatic heterocycles. The van der Waals surface area contributed by atoms with Gasteiger partial charge in [-0.3, -0.25) is 9.59 Å². The number of amides is 2. The highest BCUT2D eigenvalue weighted by Crippen LogP contribution is 2.34. The normalized spacial score (nSPS) is 14.6. The third kappa shape index (κ3) is 7.31. The third-order valence-corrected chi connectivity index (χ3v) is 9.58. The molecule has 0 saturated carbocycles. The molecular weight excluding hydrogens is 633 g/mol. The number of nitrogens with zero attached hydrogens (tertiary/aromatic N) is 2. The van der Waals surface area contributed by atoms with E-state index in [9.17, 15) is 18.0 Å². The summed E-state index contributed by atoms with van der Waals surface area (Å²) in [6.07, 6.45) is -1.01. The molecule has 4 aromatic carbocycles. The van der Waals surface area contributed by atoms with Crippen molar-refractivity contribution in [2.75, 3.05) is 18.0 Å². The Morgan fingerprint density at radius 1 is 0.860 bits per heavy atom. The van der Waals surface area contributed by atoms with Crippen molar-refractivity contribution in [2.45, 2.75) is 24.1 Å². The second kappa shape index (κ2) is 13.4. The van der Waals surface area contributed by atoms with Gasteiger partial charge in [-0.05, 0) is 59.7 Å². The van der Waals surface area contributed by atoms with E-state index in [1.807, 2.05) is 30.3 Å². The molecule has 4 aromatic rings. The minimum atomic E-state index is -4.18. The van der Waals surface area contributed by atoms with E-state index in [0.29, 0.717) is 27.0 Å². The molecule has 0 fully saturated rings. The predicted molar refractivity (Wildman–Crippen MR) is 167 cm³/mol. The molecule has 0 bridgehead atoms. The quantitative estimate of drug-likeness (QED) is 0.240. The maximum atomic E-state index is 13.9. The van der Waals surface area contributed by atoms with Crippen LogP contribution in [0.2, 0.25) is 15.1 Å². The molecule has 222 valence electrons. The van der Waals surface area contributed by atoms with E-state index in [1.54, 1.807) is 42.5 Å². The average molecular weight is 659 g/mol. The lowest BCUT2D eigenvalue weighted by molar-refractivity contribution is -0.128. The number of hydrogen-bond donors (Lipinski definition) is 1. The van der Waals surface area contributed by atoms with Crippen molar-refractivity contribution in [3.63, 3.8) is 0 Å². The number of hydrogen-bond acceptors (Lipinski definition) is 5. The number of nitrogens with one attached hydrogen (secondary N) is 1. The van der Waals surface area contributed by atoms with Gasteiger partial charge in [-0.2, -0.15) is 4.31 Å². The van der Waals surface area contributed by atoms with Crippen LogP contribution in [0.4, 0.5) is 5.69 Å². The van der Waals surface area contributed by atoms with Crippen LogP contribution in [-0.4, -0.2) is 43.7 Å². The fourth-order valence-electron chi connectivity index (χ4n) is 4.57. The number of anilines is 1. The molecule has 43 heavy (non-hydrogen) atoms. The van der Waals surface area contributed by atoms with Crippen molar-refractivity contribution < 1.29 is 22.7 Å². The molecule has 1 heterocycles. The van der Waals surface area contributed by atoms with Crippen molar-refractivity contribution >= 4 is 62.3 Å². The van der Waals surface area contributed by atoms with Gasteiger partial charge in [0.2, 0.25) is 15.9 Å². The van der Waals surface area contributed by atoms with Crippen LogP contribution in [0.15, 0.2) is 102 Å². The molecule has 5 rings (SSSR count). The van der Waals surface area contributed by atoms with Gasteiger partial charge in [-0.25, -0.2) is 8.42 Å². The first-order valence-electron chi connectivity index (χ1n) is 13.2. The molecular formula is C31H26Cl3N3O5S. The van der Waals surface area contributed by atoms with Crippen LogP contribution in [0.25, 0.3) is 0 Å². The summed E-state index contributed by atoms with van der Waals surface area (Å²) >= 11 is 18.3. The molecule has 1 aliphatic heterocycles. The number of halogens is 3. The van der Waals surface area contributed by atoms with E-state index in [4.69, 9.17) is 39.5 Å². The van der Waals surface area contributed by atoms with E-state index >= 15 is 0 Å². The first-order valence-corrected chi connectivity index (χ1v) is 15.8. The molecule has 0 aliphatic carbocycles. The Hall–Kier alpha value is -3.60. The summed E-state index contributed by atoms with van der Waals surface area (Å²) in [6, 6.07) is 26.6. The highest BCUT2D eigenvalue weighted by Gasteiger charge is 2.36. The van der Waals surface area contributed by atoms with E-state index in [0.717, 1.165) is 9.87 Å². The average Bonchev–Trinajstić information content (AvgIpc) is 3.01. The smallest absolute Gasteiger partial charge is 0.263 e. The number of carbonyl (C=O) groups excluding carboxylic acids is 2. The number of rotatable bonds is 9. The zero-order chi connectivity index (χ0) is 30.6. The highest BCUT2D eigenvalue weighted by atomic mass is 35.5. The van der Waals surface area contributed by atoms with E-state index in [-0.39, 0.29) is 29.6 Å². The Morgan fingerprint density at radius 2 is 1.56 bits per heavy atom. The lowest BCUT2D eigenvalue weighted by atomic mass is 10.1. The Kier molecular flexibility index (Phi) is 9.59. The van der Waals surface area contributed by atoms with E-state index in [2.05, 4.69) is 5.32 Å². The number of ether oxygens (including phenoxy) is 1. The fourth-order valence-corrected chi connectivity index (χ4v) is 6.39. The number of fused-ring (bicyclic) bond motifs is 1. The second-order valence-electron chi connectivity index (χ2n) is 9.76. The predicted octanol–water partition coefficient (Wildman–Crippen LogP) is 5.95. The topological polar surface area (TPSA) is 96.0 Å². The summed E-state index contributed by atoms with van der Waals surface area (Å²) in [5, 5.41) is 3.78. The Labute approximate surface area is 264 Å². The van der Waals surface area contributed by atoms with Crippen molar-refractivity contribution in [1.29, 1.82) is 0 Å². The van der Waals surface area contributed by atoms with Crippen LogP contribution in [-0.2, 0) is 32.7 Å². The SMILES string of the molecule is O=C(NCc1ccccc1)C1CN(C(=O)CN(Cc2ccc(Cl)c(Cl)c2)S(=O)(=O)c2ccc(Cl)cc2)c2ccccc2O1. The van der Waals surface area contributed by atoms with Gasteiger partial charge in [0.1, 0.15) is 5.75 Å². The van der Waals surface area contributed by atoms with Gasteiger partial charge < -0.3 is 15.0 Å². The molecule has 1 unspecified atom stereocenters. The summed E-state index contributed by atoms with van der Waals surface area (Å²) in [5.74, 6) is -0.620. The lowest BCUT2D eigenvalue weighted by Gasteiger charge is -2.35. The zero-order valence-electron chi connectivity index (χ0n) is 22.6. The maximum absolute atomic E-state index is 13.9. The van der Waals surface area contributed by atoms with Crippen LogP contribution < -0.4 is 15.0 Å². The van der Waals surface area contributed by atoms with Crippen molar-refractivity contribution in [3.8, 4) is 5.75 Å². The molecule has 1 aliphatic rings. The standard InChI is InChI=1S/C31H26Cl3N3O5S/c32-23-11-13-24(14-12-23)43(40,41)36(18-22-10-15-25(33)26(34)16-22)20-30(38)37-19-29(42-28-9-5-4-8-27(28)37)31(39)35-17-21-6-2-1-3-7-21/h1-16,29H,17-20H2,(H,35,39). The zero-order valence-corrected chi connectivity index (χ0v) is 25.7. The van der Waals surface area contributed by atoms with Crippen molar-refractivity contribution in [2.24, 2.45) is 0 Å². The molecule has 0 radical (unpaired) electrons. The van der Waals surface area contributed by atoms with Gasteiger partial charge in [0.15, 0.2) is 6.10 Å². The summed E-state index contributed by atoms with van der Waals surface area (Å²) in [4.78, 5) is 28.4. The lowest BCUT2D eigenvalue weighted by Crippen LogP contribution is -2.52. The minimum Gasteiger partial charge on any atom is -0.477 e. The summed E-state index contributed by atoms with van der Waals surface area (Å²) in [6.45, 7) is -0.525. The summed E-state index contributed by atoms with van der Waals surface area (Å²) in [7, 11) is -4.18. The third-order valence-electron chi connectivity index (χ3n) is 6.78. The van der Waals surface area contributed by atoms with Crippen molar-refractivity contribution in [1.82, 2.24) is 9.62 Å². The molecule has 1 atom stereocenters. The number of sulfonamides is 1. The molecule has 1 N–H and O–H groups in total. The Bertz CT molecular complexity index is 1740. The molecule has 8 nitrogen and oxygen atoms in total. The monoisotopic (exact) mass is 657 g/mol. The number of carbonyl (C=O) groups is 2. The first kappa shape index (κ1) is 30.8. The fraction of sp³-hybridized carbons (Fsp3) is 0.161. The van der Waals surface area contributed by atoms with Crippen LogP contribution in [0.3, 0.4) is 0 Å². The van der Waals surface area contributed by atoms with Gasteiger partial charge >= 0.3 is 0 Å². The van der Waals surface area contributed by atoms with E-state index in [1.165, 1.54) is 29.2 Å². The number of benzene rings is 4. The van der Waals surface area contributed by atoms with Gasteiger partial charge in [0.05, 0.1) is 33.7 Å². The second-order valence-corrected chi connectivity index (χ2v) is 12.9. The van der Waals surface area contributed by atoms with Gasteiger partial charge in [0.25, 0.3) is 5.91 Å². The largest absolute Gasteiger partial charge is 0.477 e. The highest BCUT2D eigenvalue weighted by molar-refractivity contribution is 7.89. The molecule has 0 saturated heterocycles. The van der Waals surface area contributed by atoms with Gasteiger partial charge in [-0.1, -0.05) is 83.3 Å². The van der Waals surface area contributed by atoms with Gasteiger partial charge in [0, 0.05) is 18.1 Å². The first-order chi connectivity index (χ1) is 20.6. The van der Waals surface area contributed by atoms with Crippen LogP contribution >= 0.6 is 34.8 Å². The molecule has 12 heteroatoms. The van der Waals surface area contributed by atoms with Crippen LogP contribution in [0, 0.1) is 0 Å². The summed E-state index contributed by atoms with van der Waals surface area (Å²) < 4.78 is 34.7.